The van der Waals surface area contributed by atoms with Crippen molar-refractivity contribution < 1.29 is 4.74 Å². The van der Waals surface area contributed by atoms with Gasteiger partial charge >= 0.3 is 0 Å². The van der Waals surface area contributed by atoms with Gasteiger partial charge in [-0.05, 0) is 5.92 Å². The summed E-state index contributed by atoms with van der Waals surface area (Å²) in [7, 11) is 1.73. The molecule has 84 valence electrons. The summed E-state index contributed by atoms with van der Waals surface area (Å²) in [5, 5.41) is 11.7. The first-order valence-corrected chi connectivity index (χ1v) is 5.42. The molecule has 1 aliphatic heterocycles. The van der Waals surface area contributed by atoms with E-state index in [0.29, 0.717) is 5.92 Å². The molecule has 0 aromatic carbocycles. The first-order chi connectivity index (χ1) is 7.31. The molecule has 0 spiro atoms. The highest BCUT2D eigenvalue weighted by molar-refractivity contribution is 5.13. The number of hydrogen-bond acceptors (Lipinski definition) is 4. The third-order valence-corrected chi connectivity index (χ3v) is 2.68. The van der Waals surface area contributed by atoms with Crippen molar-refractivity contribution in [2.75, 3.05) is 20.3 Å². The topological polar surface area (TPSA) is 52.0 Å². The maximum absolute atomic E-state index is 5.12. The number of ether oxygens (including phenoxy) is 1. The maximum atomic E-state index is 5.12. The average Bonchev–Trinajstić information content (AvgIpc) is 2.62. The molecule has 0 saturated carbocycles. The second-order valence-corrected chi connectivity index (χ2v) is 4.15. The van der Waals surface area contributed by atoms with E-state index in [1.54, 1.807) is 7.11 Å². The van der Waals surface area contributed by atoms with E-state index in [-0.39, 0.29) is 0 Å². The lowest BCUT2D eigenvalue weighted by molar-refractivity contribution is 0.148. The number of rotatable bonds is 4. The van der Waals surface area contributed by atoms with E-state index in [2.05, 4.69) is 22.6 Å². The van der Waals surface area contributed by atoms with Gasteiger partial charge in [-0.15, -0.1) is 5.10 Å². The van der Waals surface area contributed by atoms with Crippen molar-refractivity contribution in [3.8, 4) is 0 Å². The van der Waals surface area contributed by atoms with Crippen LogP contribution in [0.5, 0.6) is 0 Å². The number of fused-ring (bicyclic) bond motifs is 1. The Bertz CT molecular complexity index is 323. The highest BCUT2D eigenvalue weighted by Crippen LogP contribution is 2.12. The number of nitrogens with one attached hydrogen (secondary N) is 1. The van der Waals surface area contributed by atoms with Gasteiger partial charge in [0.2, 0.25) is 0 Å². The van der Waals surface area contributed by atoms with Crippen LogP contribution in [-0.2, 0) is 24.2 Å². The first kappa shape index (κ1) is 10.6. The Kier molecular flexibility index (Phi) is 3.33. The summed E-state index contributed by atoms with van der Waals surface area (Å²) >= 11 is 0. The molecule has 0 bridgehead atoms. The Labute approximate surface area is 89.8 Å². The van der Waals surface area contributed by atoms with Gasteiger partial charge in [0.15, 0.2) is 0 Å². The molecule has 1 aromatic rings. The van der Waals surface area contributed by atoms with Gasteiger partial charge in [-0.3, -0.25) is 0 Å². The van der Waals surface area contributed by atoms with E-state index in [0.717, 1.165) is 38.4 Å². The van der Waals surface area contributed by atoms with Crippen molar-refractivity contribution >= 4 is 0 Å². The number of aromatic nitrogens is 3. The zero-order valence-electron chi connectivity index (χ0n) is 9.36. The van der Waals surface area contributed by atoms with Crippen LogP contribution in [0.4, 0.5) is 0 Å². The van der Waals surface area contributed by atoms with Gasteiger partial charge in [0.05, 0.1) is 18.0 Å². The van der Waals surface area contributed by atoms with Crippen LogP contribution in [0.1, 0.15) is 18.3 Å². The highest BCUT2D eigenvalue weighted by Gasteiger charge is 2.17. The third kappa shape index (κ3) is 2.35. The molecule has 0 saturated heterocycles. The van der Waals surface area contributed by atoms with E-state index < -0.39 is 0 Å². The van der Waals surface area contributed by atoms with Crippen molar-refractivity contribution in [1.29, 1.82) is 0 Å². The second kappa shape index (κ2) is 4.72. The van der Waals surface area contributed by atoms with Gasteiger partial charge in [0, 0.05) is 33.2 Å². The Hall–Kier alpha value is -0.940. The fraction of sp³-hybridized carbons (Fsp3) is 0.800. The van der Waals surface area contributed by atoms with Gasteiger partial charge in [0.25, 0.3) is 0 Å². The van der Waals surface area contributed by atoms with Crippen LogP contribution in [0.3, 0.4) is 0 Å². The maximum Gasteiger partial charge on any atom is 0.0997 e. The lowest BCUT2D eigenvalue weighted by Gasteiger charge is -2.15. The zero-order valence-corrected chi connectivity index (χ0v) is 9.36. The van der Waals surface area contributed by atoms with Crippen LogP contribution >= 0.6 is 0 Å². The van der Waals surface area contributed by atoms with Gasteiger partial charge in [-0.25, -0.2) is 4.68 Å². The standard InChI is InChI=1S/C10H18N4O/c1-8(7-15-2)6-14-10-3-4-11-5-9(10)12-13-14/h8,11H,3-7H2,1-2H3. The van der Waals surface area contributed by atoms with Crippen LogP contribution in [0.25, 0.3) is 0 Å². The van der Waals surface area contributed by atoms with Crippen molar-refractivity contribution in [2.45, 2.75) is 26.4 Å². The molecule has 1 unspecified atom stereocenters. The van der Waals surface area contributed by atoms with E-state index >= 15 is 0 Å². The Morgan fingerprint density at radius 1 is 1.60 bits per heavy atom. The molecule has 0 radical (unpaired) electrons. The molecule has 0 amide bonds. The summed E-state index contributed by atoms with van der Waals surface area (Å²) < 4.78 is 7.15. The van der Waals surface area contributed by atoms with Crippen molar-refractivity contribution in [2.24, 2.45) is 5.92 Å². The van der Waals surface area contributed by atoms with Crippen molar-refractivity contribution in [1.82, 2.24) is 20.3 Å². The minimum Gasteiger partial charge on any atom is -0.384 e. The summed E-state index contributed by atoms with van der Waals surface area (Å²) in [4.78, 5) is 0. The SMILES string of the molecule is COCC(C)Cn1nnc2c1CCNC2. The monoisotopic (exact) mass is 210 g/mol. The molecule has 1 aliphatic rings. The largest absolute Gasteiger partial charge is 0.384 e. The molecule has 2 rings (SSSR count). The lowest BCUT2D eigenvalue weighted by Crippen LogP contribution is -2.26. The zero-order chi connectivity index (χ0) is 10.7. The predicted octanol–water partition coefficient (Wildman–Crippen LogP) is 0.206. The Morgan fingerprint density at radius 2 is 2.47 bits per heavy atom. The van der Waals surface area contributed by atoms with Crippen molar-refractivity contribution in [3.05, 3.63) is 11.4 Å². The summed E-state index contributed by atoms with van der Waals surface area (Å²) in [5.74, 6) is 0.482. The molecule has 1 aromatic heterocycles. The molecule has 0 fully saturated rings. The quantitative estimate of drug-likeness (QED) is 0.771. The number of hydrogen-bond donors (Lipinski definition) is 1. The van der Waals surface area contributed by atoms with Crippen LogP contribution in [0.15, 0.2) is 0 Å². The summed E-state index contributed by atoms with van der Waals surface area (Å²) in [5.41, 5.74) is 2.39. The van der Waals surface area contributed by atoms with E-state index in [1.165, 1.54) is 5.69 Å². The molecular formula is C10H18N4O. The first-order valence-electron chi connectivity index (χ1n) is 5.42. The van der Waals surface area contributed by atoms with Crippen LogP contribution in [0, 0.1) is 5.92 Å². The molecule has 2 heterocycles. The average molecular weight is 210 g/mol. The predicted molar refractivity (Wildman–Crippen MR) is 56.5 cm³/mol. The minimum atomic E-state index is 0.482. The molecule has 5 nitrogen and oxygen atoms in total. The van der Waals surface area contributed by atoms with Crippen molar-refractivity contribution in [3.63, 3.8) is 0 Å². The molecule has 1 N–H and O–H groups in total. The highest BCUT2D eigenvalue weighted by atomic mass is 16.5. The minimum absolute atomic E-state index is 0.482. The Morgan fingerprint density at radius 3 is 3.27 bits per heavy atom. The van der Waals surface area contributed by atoms with Crippen LogP contribution < -0.4 is 5.32 Å². The summed E-state index contributed by atoms with van der Waals surface area (Å²) in [6.07, 6.45) is 1.03. The molecule has 15 heavy (non-hydrogen) atoms. The van der Waals surface area contributed by atoms with E-state index in [9.17, 15) is 0 Å². The smallest absolute Gasteiger partial charge is 0.0997 e. The van der Waals surface area contributed by atoms with Crippen LogP contribution in [-0.4, -0.2) is 35.3 Å². The Balaban J connectivity index is 2.05. The fourth-order valence-electron chi connectivity index (χ4n) is 1.97. The van der Waals surface area contributed by atoms with Gasteiger partial charge in [-0.1, -0.05) is 12.1 Å². The molecule has 0 aliphatic carbocycles. The number of nitrogens with zero attached hydrogens (tertiary/aromatic N) is 3. The van der Waals surface area contributed by atoms with Gasteiger partial charge in [-0.2, -0.15) is 0 Å². The summed E-state index contributed by atoms with van der Waals surface area (Å²) in [6.45, 7) is 5.72. The molecule has 1 atom stereocenters. The fourth-order valence-corrected chi connectivity index (χ4v) is 1.97. The van der Waals surface area contributed by atoms with Gasteiger partial charge in [0.1, 0.15) is 0 Å². The lowest BCUT2D eigenvalue weighted by atomic mass is 10.1. The van der Waals surface area contributed by atoms with Gasteiger partial charge < -0.3 is 10.1 Å². The molecular weight excluding hydrogens is 192 g/mol. The van der Waals surface area contributed by atoms with E-state index in [4.69, 9.17) is 4.74 Å². The normalized spacial score (nSPS) is 17.5. The number of methoxy groups -OCH3 is 1. The second-order valence-electron chi connectivity index (χ2n) is 4.15. The van der Waals surface area contributed by atoms with Crippen LogP contribution in [0.2, 0.25) is 0 Å². The van der Waals surface area contributed by atoms with E-state index in [1.807, 2.05) is 4.68 Å². The third-order valence-electron chi connectivity index (χ3n) is 2.68. The summed E-state index contributed by atoms with van der Waals surface area (Å²) in [6, 6.07) is 0. The molecule has 5 heteroatoms.